The molecule has 1 aliphatic heterocycles. The minimum Gasteiger partial charge on any atom is -0.361 e. The minimum atomic E-state index is -0.819. The van der Waals surface area contributed by atoms with E-state index in [2.05, 4.69) is 73.3 Å². The Kier molecular flexibility index (Phi) is 3.64. The fourth-order valence-corrected chi connectivity index (χ4v) is 4.28. The van der Waals surface area contributed by atoms with Gasteiger partial charge in [-0.2, -0.15) is 12.6 Å². The van der Waals surface area contributed by atoms with Gasteiger partial charge in [-0.25, -0.2) is 0 Å². The molecule has 2 radical (unpaired) electrons. The second-order valence-electron chi connectivity index (χ2n) is 5.50. The lowest BCUT2D eigenvalue weighted by Crippen LogP contribution is -2.43. The molecule has 6 heteroatoms. The molecule has 1 aliphatic rings. The average molecular weight is 320 g/mol. The van der Waals surface area contributed by atoms with E-state index in [1.165, 1.54) is 16.5 Å². The van der Waals surface area contributed by atoms with Crippen molar-refractivity contribution in [1.29, 1.82) is 0 Å². The fourth-order valence-electron chi connectivity index (χ4n) is 2.94. The molecule has 0 amide bonds. The number of hydrogen-bond acceptors (Lipinski definition) is 4. The molecule has 20 heavy (non-hydrogen) atoms. The zero-order chi connectivity index (χ0) is 14.5. The second-order valence-corrected chi connectivity index (χ2v) is 8.12. The van der Waals surface area contributed by atoms with Gasteiger partial charge in [0.25, 0.3) is 0 Å². The van der Waals surface area contributed by atoms with Crippen LogP contribution in [0.4, 0.5) is 0 Å². The number of fused-ring (bicyclic) bond motifs is 1. The summed E-state index contributed by atoms with van der Waals surface area (Å²) in [4.78, 5) is 3.31. The van der Waals surface area contributed by atoms with Crippen molar-refractivity contribution >= 4 is 56.6 Å². The summed E-state index contributed by atoms with van der Waals surface area (Å²) in [7, 11) is 6.29. The number of thiol groups is 3. The second kappa shape index (κ2) is 4.94. The maximum Gasteiger partial charge on any atom is 0.111 e. The molecule has 2 nitrogen and oxygen atoms in total. The van der Waals surface area contributed by atoms with Crippen LogP contribution < -0.4 is 5.32 Å². The summed E-state index contributed by atoms with van der Waals surface area (Å²) in [6, 6.07) is 6.49. The molecule has 0 saturated carbocycles. The molecule has 104 valence electrons. The van der Waals surface area contributed by atoms with E-state index in [1.807, 2.05) is 6.20 Å². The summed E-state index contributed by atoms with van der Waals surface area (Å²) in [5.41, 5.74) is 3.61. The molecule has 0 aliphatic carbocycles. The third kappa shape index (κ3) is 2.51. The fraction of sp³-hybridized carbons (Fsp3) is 0.429. The SMILES string of the molecule is [B]C1(S)NC(S)(S)CC1c1c[nH]c2ccc(CC)cc12. The molecular weight excluding hydrogens is 303 g/mol. The monoisotopic (exact) mass is 320 g/mol. The lowest BCUT2D eigenvalue weighted by Gasteiger charge is -2.27. The largest absolute Gasteiger partial charge is 0.361 e. The van der Waals surface area contributed by atoms with E-state index in [-0.39, 0.29) is 5.92 Å². The summed E-state index contributed by atoms with van der Waals surface area (Å²) >= 11 is 13.6. The van der Waals surface area contributed by atoms with Crippen molar-refractivity contribution in [2.24, 2.45) is 0 Å². The van der Waals surface area contributed by atoms with Gasteiger partial charge in [0.1, 0.15) is 12.0 Å². The van der Waals surface area contributed by atoms with Gasteiger partial charge in [0.2, 0.25) is 0 Å². The van der Waals surface area contributed by atoms with Crippen molar-refractivity contribution in [3.63, 3.8) is 0 Å². The van der Waals surface area contributed by atoms with Crippen LogP contribution in [0.2, 0.25) is 0 Å². The van der Waals surface area contributed by atoms with Crippen LogP contribution in [-0.4, -0.2) is 21.8 Å². The van der Waals surface area contributed by atoms with Crippen molar-refractivity contribution in [3.8, 4) is 0 Å². The summed E-state index contributed by atoms with van der Waals surface area (Å²) < 4.78 is -1.42. The minimum absolute atomic E-state index is 0.0432. The van der Waals surface area contributed by atoms with Crippen molar-refractivity contribution < 1.29 is 0 Å². The first-order valence-electron chi connectivity index (χ1n) is 6.67. The lowest BCUT2D eigenvalue weighted by atomic mass is 9.79. The molecule has 2 N–H and O–H groups in total. The first kappa shape index (κ1) is 14.8. The van der Waals surface area contributed by atoms with E-state index in [9.17, 15) is 0 Å². The van der Waals surface area contributed by atoms with Crippen molar-refractivity contribution in [1.82, 2.24) is 10.3 Å². The molecule has 1 saturated heterocycles. The highest BCUT2D eigenvalue weighted by atomic mass is 32.2. The molecule has 2 aromatic rings. The smallest absolute Gasteiger partial charge is 0.111 e. The van der Waals surface area contributed by atoms with Gasteiger partial charge < -0.3 is 4.98 Å². The average Bonchev–Trinajstić information content (AvgIpc) is 2.85. The van der Waals surface area contributed by atoms with E-state index in [0.717, 1.165) is 11.9 Å². The Morgan fingerprint density at radius 2 is 2.10 bits per heavy atom. The number of rotatable bonds is 2. The van der Waals surface area contributed by atoms with Crippen LogP contribution in [0.5, 0.6) is 0 Å². The maximum absolute atomic E-state index is 6.29. The topological polar surface area (TPSA) is 27.8 Å². The molecule has 0 spiro atoms. The molecule has 0 bridgehead atoms. The highest BCUT2D eigenvalue weighted by Gasteiger charge is 2.47. The van der Waals surface area contributed by atoms with Gasteiger partial charge >= 0.3 is 0 Å². The van der Waals surface area contributed by atoms with Crippen molar-refractivity contribution in [3.05, 3.63) is 35.5 Å². The zero-order valence-electron chi connectivity index (χ0n) is 11.2. The number of nitrogens with one attached hydrogen (secondary N) is 2. The molecule has 1 aromatic carbocycles. The van der Waals surface area contributed by atoms with Crippen molar-refractivity contribution in [2.45, 2.75) is 34.7 Å². The van der Waals surface area contributed by atoms with E-state index in [0.29, 0.717) is 6.42 Å². The maximum atomic E-state index is 6.29. The van der Waals surface area contributed by atoms with Crippen LogP contribution >= 0.6 is 37.9 Å². The number of aromatic nitrogens is 1. The first-order valence-corrected chi connectivity index (χ1v) is 8.02. The van der Waals surface area contributed by atoms with Crippen LogP contribution in [0.3, 0.4) is 0 Å². The molecular formula is C14H17BN2S3. The van der Waals surface area contributed by atoms with E-state index < -0.39 is 8.97 Å². The Bertz CT molecular complexity index is 651. The third-order valence-electron chi connectivity index (χ3n) is 3.98. The Labute approximate surface area is 137 Å². The molecule has 1 fully saturated rings. The van der Waals surface area contributed by atoms with Gasteiger partial charge in [0.05, 0.1) is 0 Å². The molecule has 3 rings (SSSR count). The number of hydrogen-bond donors (Lipinski definition) is 5. The van der Waals surface area contributed by atoms with Gasteiger partial charge in [-0.05, 0) is 36.1 Å². The van der Waals surface area contributed by atoms with Gasteiger partial charge in [0.15, 0.2) is 0 Å². The van der Waals surface area contributed by atoms with Crippen LogP contribution in [0.15, 0.2) is 24.4 Å². The highest BCUT2D eigenvalue weighted by molar-refractivity contribution is 8.00. The Balaban J connectivity index is 2.10. The van der Waals surface area contributed by atoms with E-state index in [4.69, 9.17) is 7.85 Å². The predicted octanol–water partition coefficient (Wildman–Crippen LogP) is 3.07. The number of benzene rings is 1. The molecule has 2 atom stereocenters. The number of H-pyrrole nitrogens is 1. The van der Waals surface area contributed by atoms with Crippen LogP contribution in [0, 0.1) is 0 Å². The zero-order valence-corrected chi connectivity index (χ0v) is 13.9. The number of aryl methyl sites for hydroxylation is 1. The van der Waals surface area contributed by atoms with Crippen LogP contribution in [-0.2, 0) is 6.42 Å². The molecule has 1 aromatic heterocycles. The highest BCUT2D eigenvalue weighted by Crippen LogP contribution is 2.48. The van der Waals surface area contributed by atoms with Gasteiger partial charge in [-0.1, -0.05) is 13.0 Å². The molecule has 2 heterocycles. The summed E-state index contributed by atoms with van der Waals surface area (Å²) in [5.74, 6) is 0.0432. The quantitative estimate of drug-likeness (QED) is 0.328. The third-order valence-corrected chi connectivity index (χ3v) is 4.99. The Morgan fingerprint density at radius 3 is 2.70 bits per heavy atom. The first-order chi connectivity index (χ1) is 9.32. The standard InChI is InChI=1S/C14H17BN2S3/c1-2-8-3-4-12-9(5-8)10(7-16-12)11-6-13(18,19)17-14(11,15)20/h3-5,7,11,16-20H,2,6H2,1H3. The van der Waals surface area contributed by atoms with Crippen molar-refractivity contribution in [2.75, 3.05) is 0 Å². The van der Waals surface area contributed by atoms with Gasteiger partial charge in [-0.15, -0.1) is 25.3 Å². The van der Waals surface area contributed by atoms with Crippen LogP contribution in [0.25, 0.3) is 10.9 Å². The Hall–Kier alpha value is -0.165. The van der Waals surface area contributed by atoms with E-state index >= 15 is 0 Å². The summed E-state index contributed by atoms with van der Waals surface area (Å²) in [6.45, 7) is 2.16. The van der Waals surface area contributed by atoms with Crippen LogP contribution in [0.1, 0.15) is 30.4 Å². The lowest BCUT2D eigenvalue weighted by molar-refractivity contribution is 0.658. The normalized spacial score (nSPS) is 29.1. The number of aromatic amines is 1. The molecule has 2 unspecified atom stereocenters. The van der Waals surface area contributed by atoms with E-state index in [1.54, 1.807) is 0 Å². The van der Waals surface area contributed by atoms with Gasteiger partial charge in [0, 0.05) is 27.8 Å². The summed E-state index contributed by atoms with van der Waals surface area (Å²) in [5, 5.41) is 4.37. The Morgan fingerprint density at radius 1 is 1.35 bits per heavy atom. The van der Waals surface area contributed by atoms with Gasteiger partial charge in [-0.3, -0.25) is 5.32 Å². The summed E-state index contributed by atoms with van der Waals surface area (Å²) in [6.07, 6.45) is 3.75. The predicted molar refractivity (Wildman–Crippen MR) is 96.3 cm³/mol.